The predicted molar refractivity (Wildman–Crippen MR) is 82.0 cm³/mol. The predicted octanol–water partition coefficient (Wildman–Crippen LogP) is 2.72. The van der Waals surface area contributed by atoms with Crippen LogP contribution in [-0.4, -0.2) is 13.4 Å². The Morgan fingerprint density at radius 3 is 2.62 bits per heavy atom. The first-order chi connectivity index (χ1) is 9.83. The van der Waals surface area contributed by atoms with Crippen LogP contribution in [0.1, 0.15) is 0 Å². The number of halogens is 3. The summed E-state index contributed by atoms with van der Waals surface area (Å²) in [6.07, 6.45) is 1.10. The van der Waals surface area contributed by atoms with Crippen molar-refractivity contribution in [2.24, 2.45) is 5.84 Å². The van der Waals surface area contributed by atoms with E-state index in [9.17, 15) is 12.8 Å². The fourth-order valence-corrected chi connectivity index (χ4v) is 3.37. The summed E-state index contributed by atoms with van der Waals surface area (Å²) >= 11 is 8.91. The minimum Gasteiger partial charge on any atom is -0.307 e. The number of nitrogen functional groups attached to an aromatic ring is 1. The highest BCUT2D eigenvalue weighted by molar-refractivity contribution is 9.10. The molecule has 1 heterocycles. The van der Waals surface area contributed by atoms with Gasteiger partial charge in [0, 0.05) is 10.7 Å². The van der Waals surface area contributed by atoms with Crippen LogP contribution in [0.4, 0.5) is 15.9 Å². The molecule has 0 atom stereocenters. The van der Waals surface area contributed by atoms with Crippen LogP contribution in [0.15, 0.2) is 39.8 Å². The van der Waals surface area contributed by atoms with Crippen molar-refractivity contribution in [3.8, 4) is 0 Å². The topological polar surface area (TPSA) is 97.1 Å². The van der Waals surface area contributed by atoms with Crippen LogP contribution in [0.3, 0.4) is 0 Å². The van der Waals surface area contributed by atoms with E-state index in [1.54, 1.807) is 0 Å². The number of pyridine rings is 1. The third-order valence-electron chi connectivity index (χ3n) is 2.44. The van der Waals surface area contributed by atoms with Gasteiger partial charge in [0.1, 0.15) is 10.7 Å². The molecule has 0 unspecified atom stereocenters. The number of benzene rings is 1. The van der Waals surface area contributed by atoms with E-state index in [1.807, 2.05) is 0 Å². The first-order valence-corrected chi connectivity index (χ1v) is 8.09. The van der Waals surface area contributed by atoms with Gasteiger partial charge >= 0.3 is 0 Å². The maximum atomic E-state index is 13.0. The van der Waals surface area contributed by atoms with E-state index in [0.29, 0.717) is 0 Å². The number of nitrogens with zero attached hydrogens (tertiary/aromatic N) is 1. The smallest absolute Gasteiger partial charge is 0.263 e. The molecule has 0 aliphatic carbocycles. The number of hydrogen-bond donors (Lipinski definition) is 3. The summed E-state index contributed by atoms with van der Waals surface area (Å²) in [5.41, 5.74) is 2.42. The lowest BCUT2D eigenvalue weighted by molar-refractivity contribution is 0.600. The summed E-state index contributed by atoms with van der Waals surface area (Å²) in [5, 5.41) is 0.0542. The average molecular weight is 396 g/mol. The van der Waals surface area contributed by atoms with Gasteiger partial charge in [0.25, 0.3) is 10.0 Å². The summed E-state index contributed by atoms with van der Waals surface area (Å²) < 4.78 is 40.0. The second-order valence-electron chi connectivity index (χ2n) is 3.88. The van der Waals surface area contributed by atoms with Gasteiger partial charge in [-0.25, -0.2) is 23.6 Å². The van der Waals surface area contributed by atoms with E-state index in [0.717, 1.165) is 18.3 Å². The van der Waals surface area contributed by atoms with Gasteiger partial charge in [0.05, 0.1) is 10.7 Å². The van der Waals surface area contributed by atoms with Crippen molar-refractivity contribution in [1.29, 1.82) is 0 Å². The number of nitrogens with two attached hydrogens (primary N) is 1. The molecule has 0 aliphatic rings. The molecule has 10 heteroatoms. The van der Waals surface area contributed by atoms with E-state index in [2.05, 4.69) is 31.1 Å². The molecule has 0 saturated heterocycles. The Balaban J connectivity index is 2.36. The quantitative estimate of drug-likeness (QED) is 0.546. The van der Waals surface area contributed by atoms with Gasteiger partial charge in [-0.2, -0.15) is 0 Å². The number of aromatic nitrogens is 1. The van der Waals surface area contributed by atoms with Crippen LogP contribution in [0, 0.1) is 5.82 Å². The van der Waals surface area contributed by atoms with Crippen molar-refractivity contribution in [1.82, 2.24) is 4.98 Å². The maximum Gasteiger partial charge on any atom is 0.263 e. The zero-order valence-electron chi connectivity index (χ0n) is 10.3. The fraction of sp³-hybridized carbons (Fsp3) is 0. The molecular weight excluding hydrogens is 387 g/mol. The van der Waals surface area contributed by atoms with Crippen molar-refractivity contribution in [2.45, 2.75) is 4.90 Å². The van der Waals surface area contributed by atoms with Crippen molar-refractivity contribution >= 4 is 49.1 Å². The molecule has 0 bridgehead atoms. The highest BCUT2D eigenvalue weighted by Gasteiger charge is 2.18. The fourth-order valence-electron chi connectivity index (χ4n) is 1.45. The standard InChI is InChI=1S/C11H9BrClFN4O2S/c12-8-3-6(14)1-2-10(8)18-21(19,20)7-4-9(13)11(17-15)16-5-7/h1-5,18H,15H2,(H,16,17). The Bertz CT molecular complexity index is 788. The van der Waals surface area contributed by atoms with Crippen molar-refractivity contribution < 1.29 is 12.8 Å². The molecule has 0 saturated carbocycles. The van der Waals surface area contributed by atoms with Gasteiger partial charge in [-0.3, -0.25) is 4.72 Å². The monoisotopic (exact) mass is 394 g/mol. The Morgan fingerprint density at radius 1 is 1.33 bits per heavy atom. The van der Waals surface area contributed by atoms with E-state index >= 15 is 0 Å². The van der Waals surface area contributed by atoms with Crippen LogP contribution in [0.5, 0.6) is 0 Å². The molecule has 1 aromatic carbocycles. The van der Waals surface area contributed by atoms with Crippen LogP contribution in [-0.2, 0) is 10.0 Å². The molecule has 2 rings (SSSR count). The molecule has 112 valence electrons. The summed E-state index contributed by atoms with van der Waals surface area (Å²) in [6.45, 7) is 0. The minimum atomic E-state index is -3.91. The SMILES string of the molecule is NNc1ncc(S(=O)(=O)Nc2ccc(F)cc2Br)cc1Cl. The Morgan fingerprint density at radius 2 is 2.05 bits per heavy atom. The zero-order chi connectivity index (χ0) is 15.6. The van der Waals surface area contributed by atoms with Gasteiger partial charge in [-0.15, -0.1) is 0 Å². The third-order valence-corrected chi connectivity index (χ3v) is 4.72. The van der Waals surface area contributed by atoms with Crippen LogP contribution in [0.2, 0.25) is 5.02 Å². The minimum absolute atomic E-state index is 0.0542. The summed E-state index contributed by atoms with van der Waals surface area (Å²) in [6, 6.07) is 4.77. The number of rotatable bonds is 4. The second kappa shape index (κ2) is 6.14. The Labute approximate surface area is 133 Å². The van der Waals surface area contributed by atoms with Gasteiger partial charge < -0.3 is 5.43 Å². The molecule has 21 heavy (non-hydrogen) atoms. The average Bonchev–Trinajstić information content (AvgIpc) is 2.42. The van der Waals surface area contributed by atoms with Gasteiger partial charge in [-0.1, -0.05) is 11.6 Å². The first kappa shape index (κ1) is 16.0. The Hall–Kier alpha value is -1.42. The third kappa shape index (κ3) is 3.62. The molecule has 6 nitrogen and oxygen atoms in total. The second-order valence-corrected chi connectivity index (χ2v) is 6.82. The molecule has 0 aliphatic heterocycles. The zero-order valence-corrected chi connectivity index (χ0v) is 13.4. The van der Waals surface area contributed by atoms with E-state index in [4.69, 9.17) is 17.4 Å². The largest absolute Gasteiger partial charge is 0.307 e. The van der Waals surface area contributed by atoms with E-state index in [-0.39, 0.29) is 25.9 Å². The van der Waals surface area contributed by atoms with Crippen LogP contribution in [0.25, 0.3) is 0 Å². The lowest BCUT2D eigenvalue weighted by atomic mass is 10.3. The summed E-state index contributed by atoms with van der Waals surface area (Å²) in [4.78, 5) is 3.63. The maximum absolute atomic E-state index is 13.0. The molecule has 0 spiro atoms. The van der Waals surface area contributed by atoms with E-state index < -0.39 is 15.8 Å². The highest BCUT2D eigenvalue weighted by atomic mass is 79.9. The first-order valence-electron chi connectivity index (χ1n) is 5.43. The molecule has 1 aromatic heterocycles. The number of nitrogens with one attached hydrogen (secondary N) is 2. The lowest BCUT2D eigenvalue weighted by Crippen LogP contribution is -2.15. The number of hydrogen-bond acceptors (Lipinski definition) is 5. The Kier molecular flexibility index (Phi) is 4.67. The molecule has 2 aromatic rings. The van der Waals surface area contributed by atoms with Crippen LogP contribution >= 0.6 is 27.5 Å². The molecule has 0 amide bonds. The highest BCUT2D eigenvalue weighted by Crippen LogP contribution is 2.27. The van der Waals surface area contributed by atoms with Gasteiger partial charge in [0.15, 0.2) is 5.82 Å². The summed E-state index contributed by atoms with van der Waals surface area (Å²) in [5.74, 6) is 4.82. The molecule has 4 N–H and O–H groups in total. The summed E-state index contributed by atoms with van der Waals surface area (Å²) in [7, 11) is -3.91. The number of sulfonamides is 1. The number of anilines is 2. The van der Waals surface area contributed by atoms with Crippen molar-refractivity contribution in [3.63, 3.8) is 0 Å². The molecular formula is C11H9BrClFN4O2S. The number of hydrazine groups is 1. The van der Waals surface area contributed by atoms with Crippen molar-refractivity contribution in [2.75, 3.05) is 10.1 Å². The molecule has 0 fully saturated rings. The van der Waals surface area contributed by atoms with Gasteiger partial charge in [0.2, 0.25) is 0 Å². The lowest BCUT2D eigenvalue weighted by Gasteiger charge is -2.10. The van der Waals surface area contributed by atoms with Crippen molar-refractivity contribution in [3.05, 3.63) is 45.8 Å². The molecule has 0 radical (unpaired) electrons. The van der Waals surface area contributed by atoms with E-state index in [1.165, 1.54) is 12.1 Å². The van der Waals surface area contributed by atoms with Gasteiger partial charge in [-0.05, 0) is 40.2 Å². The normalized spacial score (nSPS) is 11.2. The van der Waals surface area contributed by atoms with Crippen LogP contribution < -0.4 is 16.0 Å².